The van der Waals surface area contributed by atoms with Gasteiger partial charge < -0.3 is 4.65 Å². The van der Waals surface area contributed by atoms with Crippen LogP contribution in [0.25, 0.3) is 0 Å². The smallest absolute Gasteiger partial charge is 0.514 e. The van der Waals surface area contributed by atoms with Gasteiger partial charge in [-0.1, -0.05) is 51.1 Å². The minimum atomic E-state index is -0.140. The molecule has 2 aliphatic heterocycles. The van der Waals surface area contributed by atoms with Crippen molar-refractivity contribution in [1.29, 1.82) is 0 Å². The van der Waals surface area contributed by atoms with Crippen molar-refractivity contribution in [3.05, 3.63) is 77.0 Å². The molecule has 0 aliphatic carbocycles. The molecule has 2 aliphatic rings. The molecule has 3 nitrogen and oxygen atoms in total. The van der Waals surface area contributed by atoms with Gasteiger partial charge in [-0.2, -0.15) is 0 Å². The monoisotopic (exact) mass is 369 g/mol. The van der Waals surface area contributed by atoms with Gasteiger partial charge in [0.05, 0.1) is 6.20 Å². The van der Waals surface area contributed by atoms with E-state index in [1.54, 1.807) is 0 Å². The van der Waals surface area contributed by atoms with Crippen molar-refractivity contribution in [2.45, 2.75) is 46.6 Å². The largest absolute Gasteiger partial charge is 0.648 e. The highest BCUT2D eigenvalue weighted by Crippen LogP contribution is 2.45. The molecule has 2 aromatic carbocycles. The Kier molecular flexibility index (Phi) is 3.64. The SMILES string of the molecule is Cc1cccc(C)c1B1Oc2cccc3c2N1c1cc(C(C)(C)C)cc[n+]1C3. The van der Waals surface area contributed by atoms with E-state index in [1.807, 2.05) is 0 Å². The van der Waals surface area contributed by atoms with Crippen LogP contribution in [0, 0.1) is 13.8 Å². The summed E-state index contributed by atoms with van der Waals surface area (Å²) in [6, 6.07) is 17.5. The molecule has 0 N–H and O–H groups in total. The maximum Gasteiger partial charge on any atom is 0.648 e. The summed E-state index contributed by atoms with van der Waals surface area (Å²) in [6.45, 7) is 12.0. The number of anilines is 2. The molecular formula is C24H26BN2O+. The fraction of sp³-hybridized carbons (Fsp3) is 0.292. The summed E-state index contributed by atoms with van der Waals surface area (Å²) in [4.78, 5) is 2.40. The van der Waals surface area contributed by atoms with Crippen LogP contribution >= 0.6 is 0 Å². The Labute approximate surface area is 167 Å². The molecule has 0 bridgehead atoms. The third-order valence-electron chi connectivity index (χ3n) is 6.05. The van der Waals surface area contributed by atoms with Gasteiger partial charge in [-0.05, 0) is 48.1 Å². The average Bonchev–Trinajstić information content (AvgIpc) is 3.02. The molecule has 140 valence electrons. The number of aryl methyl sites for hydroxylation is 2. The lowest BCUT2D eigenvalue weighted by Gasteiger charge is -2.27. The molecule has 5 rings (SSSR count). The van der Waals surface area contributed by atoms with E-state index in [0.717, 1.165) is 12.3 Å². The van der Waals surface area contributed by atoms with Crippen LogP contribution in [0.2, 0.25) is 0 Å². The molecule has 0 spiro atoms. The van der Waals surface area contributed by atoms with E-state index < -0.39 is 0 Å². The number of para-hydroxylation sites is 1. The fourth-order valence-electron chi connectivity index (χ4n) is 4.50. The molecule has 0 saturated carbocycles. The van der Waals surface area contributed by atoms with E-state index in [4.69, 9.17) is 4.65 Å². The predicted molar refractivity (Wildman–Crippen MR) is 115 cm³/mol. The van der Waals surface area contributed by atoms with Gasteiger partial charge in [0.25, 0.3) is 5.82 Å². The highest BCUT2D eigenvalue weighted by molar-refractivity contribution is 6.75. The lowest BCUT2D eigenvalue weighted by molar-refractivity contribution is -0.676. The second-order valence-corrected chi connectivity index (χ2v) is 9.06. The molecule has 4 heteroatoms. The normalized spacial score (nSPS) is 14.6. The summed E-state index contributed by atoms with van der Waals surface area (Å²) in [7, 11) is -0.140. The number of benzene rings is 2. The summed E-state index contributed by atoms with van der Waals surface area (Å²) in [5.74, 6) is 2.19. The maximum atomic E-state index is 6.57. The molecular weight excluding hydrogens is 343 g/mol. The quantitative estimate of drug-likeness (QED) is 0.473. The average molecular weight is 369 g/mol. The number of rotatable bonds is 1. The molecule has 0 atom stereocenters. The highest BCUT2D eigenvalue weighted by Gasteiger charge is 2.52. The number of aromatic nitrogens is 1. The van der Waals surface area contributed by atoms with Gasteiger partial charge in [-0.25, -0.2) is 9.38 Å². The Morgan fingerprint density at radius 2 is 1.71 bits per heavy atom. The number of fused-ring (bicyclic) bond motifs is 2. The van der Waals surface area contributed by atoms with Gasteiger partial charge in [0.1, 0.15) is 12.3 Å². The van der Waals surface area contributed by atoms with Crippen LogP contribution in [0.1, 0.15) is 43.0 Å². The van der Waals surface area contributed by atoms with E-state index in [-0.39, 0.29) is 12.5 Å². The van der Waals surface area contributed by atoms with Gasteiger partial charge in [0.15, 0.2) is 5.69 Å². The molecule has 28 heavy (non-hydrogen) atoms. The first-order valence-corrected chi connectivity index (χ1v) is 10.0. The molecule has 0 amide bonds. The number of pyridine rings is 1. The van der Waals surface area contributed by atoms with Crippen molar-refractivity contribution in [2.24, 2.45) is 0 Å². The third kappa shape index (κ3) is 2.47. The van der Waals surface area contributed by atoms with Crippen LogP contribution in [-0.4, -0.2) is 7.05 Å². The summed E-state index contributed by atoms with van der Waals surface area (Å²) < 4.78 is 8.92. The summed E-state index contributed by atoms with van der Waals surface area (Å²) in [5, 5.41) is 0. The molecule has 0 fully saturated rings. The standard InChI is InChI=1S/C24H26BN2O/c1-16-8-6-9-17(2)22(16)25-27-21-14-19(24(3,4)5)12-13-26(21)15-18-10-7-11-20(28-25)23(18)27/h6-14H,15H2,1-5H3/q+1. The Bertz CT molecular complexity index is 1080. The molecule has 3 heterocycles. The van der Waals surface area contributed by atoms with E-state index in [2.05, 4.69) is 98.7 Å². The van der Waals surface area contributed by atoms with Crippen LogP contribution in [0.3, 0.4) is 0 Å². The predicted octanol–water partition coefficient (Wildman–Crippen LogP) is 4.18. The summed E-state index contributed by atoms with van der Waals surface area (Å²) in [6.07, 6.45) is 2.23. The zero-order valence-corrected chi connectivity index (χ0v) is 17.3. The molecule has 3 aromatic rings. The fourth-order valence-corrected chi connectivity index (χ4v) is 4.50. The number of hydrogen-bond donors (Lipinski definition) is 0. The van der Waals surface area contributed by atoms with Crippen molar-refractivity contribution in [3.8, 4) is 5.75 Å². The van der Waals surface area contributed by atoms with E-state index in [1.165, 1.54) is 39.2 Å². The second kappa shape index (κ2) is 5.87. The van der Waals surface area contributed by atoms with Crippen LogP contribution < -0.4 is 19.5 Å². The maximum absolute atomic E-state index is 6.57. The number of nitrogens with zero attached hydrogens (tertiary/aromatic N) is 2. The van der Waals surface area contributed by atoms with Gasteiger partial charge in [-0.15, -0.1) is 0 Å². The molecule has 0 radical (unpaired) electrons. The van der Waals surface area contributed by atoms with Gasteiger partial charge in [0, 0.05) is 17.1 Å². The van der Waals surface area contributed by atoms with Crippen molar-refractivity contribution >= 4 is 24.0 Å². The second-order valence-electron chi connectivity index (χ2n) is 9.06. The zero-order chi connectivity index (χ0) is 19.6. The van der Waals surface area contributed by atoms with Gasteiger partial charge >= 0.3 is 7.05 Å². The summed E-state index contributed by atoms with van der Waals surface area (Å²) >= 11 is 0. The van der Waals surface area contributed by atoms with E-state index >= 15 is 0 Å². The molecule has 0 saturated heterocycles. The van der Waals surface area contributed by atoms with Crippen molar-refractivity contribution in [1.82, 2.24) is 0 Å². The van der Waals surface area contributed by atoms with Crippen LogP contribution in [0.15, 0.2) is 54.7 Å². The molecule has 1 aromatic heterocycles. The van der Waals surface area contributed by atoms with Gasteiger partial charge in [-0.3, -0.25) is 0 Å². The van der Waals surface area contributed by atoms with Crippen LogP contribution in [0.4, 0.5) is 11.5 Å². The first-order valence-electron chi connectivity index (χ1n) is 10.0. The minimum absolute atomic E-state index is 0.101. The van der Waals surface area contributed by atoms with Crippen LogP contribution in [0.5, 0.6) is 5.75 Å². The number of hydrogen-bond acceptors (Lipinski definition) is 2. The van der Waals surface area contributed by atoms with Gasteiger partial charge in [0.2, 0.25) is 0 Å². The van der Waals surface area contributed by atoms with Crippen molar-refractivity contribution in [2.75, 3.05) is 4.81 Å². The van der Waals surface area contributed by atoms with E-state index in [0.29, 0.717) is 0 Å². The molecule has 0 unspecified atom stereocenters. The Morgan fingerprint density at radius 3 is 2.43 bits per heavy atom. The lowest BCUT2D eigenvalue weighted by atomic mass is 9.67. The van der Waals surface area contributed by atoms with Crippen molar-refractivity contribution in [3.63, 3.8) is 0 Å². The highest BCUT2D eigenvalue weighted by atomic mass is 16.5. The Balaban J connectivity index is 1.75. The third-order valence-corrected chi connectivity index (χ3v) is 6.05. The Morgan fingerprint density at radius 1 is 1.00 bits per heavy atom. The van der Waals surface area contributed by atoms with Crippen molar-refractivity contribution < 1.29 is 9.22 Å². The lowest BCUT2D eigenvalue weighted by Crippen LogP contribution is -2.55. The van der Waals surface area contributed by atoms with Crippen LogP contribution in [-0.2, 0) is 12.0 Å². The van der Waals surface area contributed by atoms with E-state index in [9.17, 15) is 0 Å². The summed E-state index contributed by atoms with van der Waals surface area (Å²) in [5.41, 5.74) is 7.77. The Hall–Kier alpha value is -2.75. The minimum Gasteiger partial charge on any atom is -0.514 e. The topological polar surface area (TPSA) is 16.4 Å². The first-order chi connectivity index (χ1) is 13.3. The first kappa shape index (κ1) is 17.4. The zero-order valence-electron chi connectivity index (χ0n) is 17.3.